The molecule has 0 aromatic heterocycles. The van der Waals surface area contributed by atoms with Crippen molar-refractivity contribution in [2.75, 3.05) is 0 Å². The van der Waals surface area contributed by atoms with Crippen molar-refractivity contribution in [1.82, 2.24) is 5.06 Å². The van der Waals surface area contributed by atoms with Crippen LogP contribution >= 0.6 is 0 Å². The quantitative estimate of drug-likeness (QED) is 0.445. The lowest BCUT2D eigenvalue weighted by Crippen LogP contribution is -2.60. The molecule has 0 radical (unpaired) electrons. The van der Waals surface area contributed by atoms with Crippen molar-refractivity contribution in [3.05, 3.63) is 12.2 Å². The third-order valence-electron chi connectivity index (χ3n) is 4.88. The van der Waals surface area contributed by atoms with Crippen LogP contribution in [0.25, 0.3) is 0 Å². The molecule has 150 valence electrons. The number of piperidine rings is 1. The summed E-state index contributed by atoms with van der Waals surface area (Å²) in [5.41, 5.74) is -0.951. The smallest absolute Gasteiger partial charge is 0.328 e. The van der Waals surface area contributed by atoms with Crippen LogP contribution in [0.15, 0.2) is 12.2 Å². The van der Waals surface area contributed by atoms with E-state index in [2.05, 4.69) is 0 Å². The number of carboxylic acid groups (broad SMARTS) is 1. The van der Waals surface area contributed by atoms with E-state index in [0.717, 1.165) is 6.08 Å². The fourth-order valence-electron chi connectivity index (χ4n) is 3.58. The Bertz CT molecular complexity index is 510. The molecular weight excluding hydrogens is 338 g/mol. The molecule has 1 rings (SSSR count). The lowest BCUT2D eigenvalue weighted by atomic mass is 9.80. The van der Waals surface area contributed by atoms with Crippen molar-refractivity contribution in [2.45, 2.75) is 90.0 Å². The van der Waals surface area contributed by atoms with Crippen LogP contribution in [0.4, 0.5) is 0 Å². The number of aliphatic hydroxyl groups excluding tert-OH is 1. The van der Waals surface area contributed by atoms with E-state index in [1.54, 1.807) is 6.92 Å². The molecule has 3 N–H and O–H groups in total. The second-order valence-electron chi connectivity index (χ2n) is 8.50. The minimum absolute atomic E-state index is 0.248. The maximum atomic E-state index is 12.4. The Balaban J connectivity index is 2.46. The molecule has 0 bridgehead atoms. The summed E-state index contributed by atoms with van der Waals surface area (Å²) in [7, 11) is 0. The summed E-state index contributed by atoms with van der Waals surface area (Å²) >= 11 is 0. The van der Waals surface area contributed by atoms with Crippen molar-refractivity contribution in [3.63, 3.8) is 0 Å². The molecule has 0 amide bonds. The number of hydrogen-bond donors (Lipinski definition) is 3. The van der Waals surface area contributed by atoms with Crippen LogP contribution in [0, 0.1) is 5.92 Å². The summed E-state index contributed by atoms with van der Waals surface area (Å²) < 4.78 is 5.68. The maximum absolute atomic E-state index is 12.4. The van der Waals surface area contributed by atoms with Crippen molar-refractivity contribution < 1.29 is 29.7 Å². The summed E-state index contributed by atoms with van der Waals surface area (Å²) in [4.78, 5) is 22.8. The number of carbonyl (C=O) groups excluding carboxylic acids is 1. The van der Waals surface area contributed by atoms with E-state index in [0.29, 0.717) is 32.1 Å². The summed E-state index contributed by atoms with van der Waals surface area (Å²) in [6.45, 7) is 9.47. The normalized spacial score (nSPS) is 22.9. The molecule has 2 atom stereocenters. The van der Waals surface area contributed by atoms with Crippen LogP contribution < -0.4 is 0 Å². The standard InChI is InChI=1S/C19H33NO6/c1-13(7-6-8-14(21)9-10-16(22)23)17(24)26-15-11-18(2,3)20(25)19(4,5)12-15/h9-10,13-15,21,25H,6-8,11-12H2,1-5H3,(H,22,23)/b10-9+. The van der Waals surface area contributed by atoms with Gasteiger partial charge in [0, 0.05) is 30.0 Å². The lowest BCUT2D eigenvalue weighted by molar-refractivity contribution is -0.260. The van der Waals surface area contributed by atoms with Crippen molar-refractivity contribution in [3.8, 4) is 0 Å². The number of esters is 1. The number of rotatable bonds is 8. The average Bonchev–Trinajstić information content (AvgIpc) is 2.49. The zero-order chi connectivity index (χ0) is 20.1. The van der Waals surface area contributed by atoms with E-state index >= 15 is 0 Å². The predicted octanol–water partition coefficient (Wildman–Crippen LogP) is 2.75. The second-order valence-corrected chi connectivity index (χ2v) is 8.50. The first-order chi connectivity index (χ1) is 11.8. The number of hydrogen-bond acceptors (Lipinski definition) is 6. The van der Waals surface area contributed by atoms with E-state index in [9.17, 15) is 19.9 Å². The molecule has 7 nitrogen and oxygen atoms in total. The Kier molecular flexibility index (Phi) is 7.80. The molecule has 1 aliphatic rings. The Morgan fingerprint density at radius 3 is 2.23 bits per heavy atom. The van der Waals surface area contributed by atoms with E-state index in [1.807, 2.05) is 27.7 Å². The number of aliphatic hydroxyl groups is 1. The zero-order valence-corrected chi connectivity index (χ0v) is 16.4. The largest absolute Gasteiger partial charge is 0.478 e. The molecule has 26 heavy (non-hydrogen) atoms. The first-order valence-corrected chi connectivity index (χ1v) is 9.14. The Hall–Kier alpha value is -1.44. The van der Waals surface area contributed by atoms with Crippen molar-refractivity contribution >= 4 is 11.9 Å². The van der Waals surface area contributed by atoms with Gasteiger partial charge in [0.15, 0.2) is 0 Å². The minimum atomic E-state index is -1.10. The van der Waals surface area contributed by atoms with Gasteiger partial charge in [-0.2, -0.15) is 5.06 Å². The van der Waals surface area contributed by atoms with E-state index in [1.165, 1.54) is 11.1 Å². The monoisotopic (exact) mass is 371 g/mol. The van der Waals surface area contributed by atoms with E-state index in [-0.39, 0.29) is 18.0 Å². The fraction of sp³-hybridized carbons (Fsp3) is 0.789. The molecule has 0 aromatic rings. The highest BCUT2D eigenvalue weighted by atomic mass is 16.5. The molecule has 0 aromatic carbocycles. The number of carboxylic acids is 1. The highest BCUT2D eigenvalue weighted by molar-refractivity contribution is 5.79. The first-order valence-electron chi connectivity index (χ1n) is 9.14. The molecule has 1 fully saturated rings. The lowest BCUT2D eigenvalue weighted by Gasteiger charge is -2.51. The predicted molar refractivity (Wildman–Crippen MR) is 96.7 cm³/mol. The van der Waals surface area contributed by atoms with Gasteiger partial charge < -0.3 is 20.2 Å². The van der Waals surface area contributed by atoms with E-state index in [4.69, 9.17) is 9.84 Å². The van der Waals surface area contributed by atoms with Crippen LogP contribution in [-0.2, 0) is 14.3 Å². The molecule has 0 aliphatic carbocycles. The summed E-state index contributed by atoms with van der Waals surface area (Å²) in [5.74, 6) is -1.67. The number of carbonyl (C=O) groups is 2. The van der Waals surface area contributed by atoms with Gasteiger partial charge in [0.05, 0.1) is 12.0 Å². The maximum Gasteiger partial charge on any atom is 0.328 e. The van der Waals surface area contributed by atoms with Gasteiger partial charge in [-0.25, -0.2) is 4.79 Å². The highest BCUT2D eigenvalue weighted by Crippen LogP contribution is 2.38. The number of aliphatic carboxylic acids is 1. The molecule has 7 heteroatoms. The summed E-state index contributed by atoms with van der Waals surface area (Å²) in [6, 6.07) is 0. The van der Waals surface area contributed by atoms with E-state index < -0.39 is 23.2 Å². The van der Waals surface area contributed by atoms with Gasteiger partial charge in [-0.15, -0.1) is 0 Å². The molecule has 2 unspecified atom stereocenters. The topological polar surface area (TPSA) is 107 Å². The zero-order valence-electron chi connectivity index (χ0n) is 16.4. The van der Waals surface area contributed by atoms with Gasteiger partial charge in [0.25, 0.3) is 0 Å². The Morgan fingerprint density at radius 2 is 1.73 bits per heavy atom. The van der Waals surface area contributed by atoms with Gasteiger partial charge in [-0.1, -0.05) is 6.92 Å². The van der Waals surface area contributed by atoms with Gasteiger partial charge >= 0.3 is 11.9 Å². The van der Waals surface area contributed by atoms with Crippen LogP contribution in [0.3, 0.4) is 0 Å². The van der Waals surface area contributed by atoms with Gasteiger partial charge in [0.1, 0.15) is 6.10 Å². The molecule has 1 aliphatic heterocycles. The average molecular weight is 371 g/mol. The SMILES string of the molecule is CC(CCCC(O)/C=C/C(=O)O)C(=O)OC1CC(C)(C)N(O)C(C)(C)C1. The Morgan fingerprint density at radius 1 is 1.19 bits per heavy atom. The molecule has 1 heterocycles. The molecule has 0 spiro atoms. The van der Waals surface area contributed by atoms with Crippen LogP contribution in [0.2, 0.25) is 0 Å². The molecule has 0 saturated carbocycles. The van der Waals surface area contributed by atoms with Gasteiger partial charge in [-0.3, -0.25) is 4.79 Å². The number of nitrogens with zero attached hydrogens (tertiary/aromatic N) is 1. The summed E-state index contributed by atoms with van der Waals surface area (Å²) in [5, 5.41) is 29.8. The van der Waals surface area contributed by atoms with Crippen LogP contribution in [-0.4, -0.2) is 55.7 Å². The highest BCUT2D eigenvalue weighted by Gasteiger charge is 2.46. The Labute approximate surface area is 155 Å². The number of ether oxygens (including phenoxy) is 1. The van der Waals surface area contributed by atoms with Crippen LogP contribution in [0.1, 0.15) is 66.7 Å². The molecule has 1 saturated heterocycles. The third-order valence-corrected chi connectivity index (χ3v) is 4.88. The van der Waals surface area contributed by atoms with Gasteiger partial charge in [0.2, 0.25) is 0 Å². The van der Waals surface area contributed by atoms with Gasteiger partial charge in [-0.05, 0) is 53.0 Å². The van der Waals surface area contributed by atoms with Crippen molar-refractivity contribution in [1.29, 1.82) is 0 Å². The first kappa shape index (κ1) is 22.6. The third kappa shape index (κ3) is 6.70. The fourth-order valence-corrected chi connectivity index (χ4v) is 3.58. The summed E-state index contributed by atoms with van der Waals surface area (Å²) in [6.07, 6.45) is 3.73. The second kappa shape index (κ2) is 8.97. The number of hydroxylamine groups is 2. The van der Waals surface area contributed by atoms with Crippen LogP contribution in [0.5, 0.6) is 0 Å². The molecular formula is C19H33NO6. The minimum Gasteiger partial charge on any atom is -0.478 e. The van der Waals surface area contributed by atoms with Crippen molar-refractivity contribution in [2.24, 2.45) is 5.92 Å².